The summed E-state index contributed by atoms with van der Waals surface area (Å²) in [5, 5.41) is 0. The Balaban J connectivity index is 2.70. The number of benzene rings is 1. The number of nitrogens with two attached hydrogens (primary N) is 1. The van der Waals surface area contributed by atoms with Crippen LogP contribution in [0.25, 0.3) is 0 Å². The molecule has 5 heteroatoms. The number of hydrogen-bond donors (Lipinski definition) is 1. The van der Waals surface area contributed by atoms with Crippen molar-refractivity contribution in [1.29, 1.82) is 0 Å². The van der Waals surface area contributed by atoms with E-state index in [1.54, 1.807) is 0 Å². The number of primary amides is 1. The molecule has 16 heavy (non-hydrogen) atoms. The lowest BCUT2D eigenvalue weighted by molar-refractivity contribution is -0.150. The van der Waals surface area contributed by atoms with E-state index < -0.39 is 18.2 Å². The van der Waals surface area contributed by atoms with Gasteiger partial charge >= 0.3 is 12.1 Å². The molecule has 0 aromatic heterocycles. The molecular formula is C11H13NO4. The SMILES string of the molecule is COC(=O)C(Cc1ccccc1)OC(N)=O. The van der Waals surface area contributed by atoms with E-state index in [-0.39, 0.29) is 6.42 Å². The third kappa shape index (κ3) is 3.61. The number of ether oxygens (including phenoxy) is 2. The Morgan fingerprint density at radius 2 is 1.94 bits per heavy atom. The van der Waals surface area contributed by atoms with Crippen LogP contribution in [0.3, 0.4) is 0 Å². The zero-order chi connectivity index (χ0) is 12.0. The number of amides is 1. The molecule has 1 aromatic carbocycles. The summed E-state index contributed by atoms with van der Waals surface area (Å²) in [7, 11) is 1.23. The molecular weight excluding hydrogens is 210 g/mol. The molecule has 0 fully saturated rings. The van der Waals surface area contributed by atoms with Gasteiger partial charge in [0.1, 0.15) is 0 Å². The van der Waals surface area contributed by atoms with E-state index in [0.717, 1.165) is 5.56 Å². The lowest BCUT2D eigenvalue weighted by Gasteiger charge is -2.13. The fourth-order valence-corrected chi connectivity index (χ4v) is 1.27. The summed E-state index contributed by atoms with van der Waals surface area (Å²) in [6, 6.07) is 9.15. The highest BCUT2D eigenvalue weighted by atomic mass is 16.6. The molecule has 0 saturated heterocycles. The Morgan fingerprint density at radius 3 is 2.44 bits per heavy atom. The van der Waals surface area contributed by atoms with Gasteiger partial charge in [0.25, 0.3) is 0 Å². The first kappa shape index (κ1) is 12.0. The molecule has 0 aliphatic heterocycles. The quantitative estimate of drug-likeness (QED) is 0.768. The molecule has 0 saturated carbocycles. The van der Waals surface area contributed by atoms with Gasteiger partial charge in [-0.25, -0.2) is 9.59 Å². The van der Waals surface area contributed by atoms with Crippen molar-refractivity contribution < 1.29 is 19.1 Å². The molecule has 86 valence electrons. The Bertz CT molecular complexity index is 364. The first-order valence-electron chi connectivity index (χ1n) is 4.71. The van der Waals surface area contributed by atoms with Gasteiger partial charge in [-0.15, -0.1) is 0 Å². The predicted octanol–water partition coefficient (Wildman–Crippen LogP) is 0.866. The number of hydrogen-bond acceptors (Lipinski definition) is 4. The van der Waals surface area contributed by atoms with Gasteiger partial charge in [0, 0.05) is 6.42 Å². The van der Waals surface area contributed by atoms with Gasteiger partial charge in [-0.2, -0.15) is 0 Å². The minimum atomic E-state index is -0.995. The standard InChI is InChI=1S/C11H13NO4/c1-15-10(13)9(16-11(12)14)7-8-5-3-2-4-6-8/h2-6,9H,7H2,1H3,(H2,12,14). The summed E-state index contributed by atoms with van der Waals surface area (Å²) in [5.41, 5.74) is 5.73. The highest BCUT2D eigenvalue weighted by Crippen LogP contribution is 2.07. The van der Waals surface area contributed by atoms with Gasteiger partial charge in [-0.1, -0.05) is 30.3 Å². The number of esters is 1. The number of methoxy groups -OCH3 is 1. The summed E-state index contributed by atoms with van der Waals surface area (Å²) >= 11 is 0. The molecule has 0 heterocycles. The fraction of sp³-hybridized carbons (Fsp3) is 0.273. The van der Waals surface area contributed by atoms with Gasteiger partial charge in [0.15, 0.2) is 0 Å². The van der Waals surface area contributed by atoms with Gasteiger partial charge in [0.05, 0.1) is 7.11 Å². The minimum absolute atomic E-state index is 0.246. The molecule has 1 atom stereocenters. The number of carbonyl (C=O) groups is 2. The molecule has 1 unspecified atom stereocenters. The van der Waals surface area contributed by atoms with Crippen molar-refractivity contribution in [3.05, 3.63) is 35.9 Å². The normalized spacial score (nSPS) is 11.6. The lowest BCUT2D eigenvalue weighted by atomic mass is 10.1. The monoisotopic (exact) mass is 223 g/mol. The summed E-state index contributed by atoms with van der Waals surface area (Å²) < 4.78 is 9.18. The van der Waals surface area contributed by atoms with Crippen LogP contribution in [0.2, 0.25) is 0 Å². The second-order valence-corrected chi connectivity index (χ2v) is 3.14. The number of rotatable bonds is 4. The zero-order valence-corrected chi connectivity index (χ0v) is 8.88. The van der Waals surface area contributed by atoms with Crippen molar-refractivity contribution in [2.24, 2.45) is 5.73 Å². The third-order valence-corrected chi connectivity index (χ3v) is 1.99. The van der Waals surface area contributed by atoms with Crippen molar-refractivity contribution in [2.45, 2.75) is 12.5 Å². The highest BCUT2D eigenvalue weighted by Gasteiger charge is 2.22. The van der Waals surface area contributed by atoms with E-state index in [1.807, 2.05) is 30.3 Å². The molecule has 0 aliphatic carbocycles. The van der Waals surface area contributed by atoms with E-state index in [4.69, 9.17) is 5.73 Å². The molecule has 2 N–H and O–H groups in total. The average molecular weight is 223 g/mol. The van der Waals surface area contributed by atoms with Crippen molar-refractivity contribution >= 4 is 12.1 Å². The molecule has 1 rings (SSSR count). The topological polar surface area (TPSA) is 78.6 Å². The Kier molecular flexibility index (Phi) is 4.32. The van der Waals surface area contributed by atoms with Crippen LogP contribution in [0.1, 0.15) is 5.56 Å². The van der Waals surface area contributed by atoms with Gasteiger partial charge in [-0.05, 0) is 5.56 Å². The van der Waals surface area contributed by atoms with Crippen LogP contribution >= 0.6 is 0 Å². The second kappa shape index (κ2) is 5.75. The first-order chi connectivity index (χ1) is 7.63. The molecule has 1 amide bonds. The van der Waals surface area contributed by atoms with E-state index in [1.165, 1.54) is 7.11 Å². The predicted molar refractivity (Wildman–Crippen MR) is 56.6 cm³/mol. The largest absolute Gasteiger partial charge is 0.466 e. The smallest absolute Gasteiger partial charge is 0.405 e. The minimum Gasteiger partial charge on any atom is -0.466 e. The molecule has 0 radical (unpaired) electrons. The van der Waals surface area contributed by atoms with Gasteiger partial charge in [0.2, 0.25) is 6.10 Å². The van der Waals surface area contributed by atoms with Crippen LogP contribution in [0.15, 0.2) is 30.3 Å². The molecule has 1 aromatic rings. The first-order valence-corrected chi connectivity index (χ1v) is 4.71. The lowest BCUT2D eigenvalue weighted by Crippen LogP contribution is -2.32. The van der Waals surface area contributed by atoms with Crippen LogP contribution in [0.5, 0.6) is 0 Å². The van der Waals surface area contributed by atoms with Crippen LogP contribution < -0.4 is 5.73 Å². The fourth-order valence-electron chi connectivity index (χ4n) is 1.27. The summed E-state index contributed by atoms with van der Waals surface area (Å²) in [6.07, 6.45) is -1.74. The van der Waals surface area contributed by atoms with Crippen LogP contribution in [0.4, 0.5) is 4.79 Å². The summed E-state index contributed by atoms with van der Waals surface area (Å²) in [4.78, 5) is 21.9. The van der Waals surface area contributed by atoms with E-state index >= 15 is 0 Å². The third-order valence-electron chi connectivity index (χ3n) is 1.99. The molecule has 0 bridgehead atoms. The van der Waals surface area contributed by atoms with Crippen molar-refractivity contribution in [3.8, 4) is 0 Å². The highest BCUT2D eigenvalue weighted by molar-refractivity contribution is 5.78. The molecule has 5 nitrogen and oxygen atoms in total. The van der Waals surface area contributed by atoms with E-state index in [0.29, 0.717) is 0 Å². The van der Waals surface area contributed by atoms with E-state index in [9.17, 15) is 9.59 Å². The zero-order valence-electron chi connectivity index (χ0n) is 8.88. The summed E-state index contributed by atoms with van der Waals surface area (Å²) in [5.74, 6) is -0.623. The van der Waals surface area contributed by atoms with Gasteiger partial charge in [-0.3, -0.25) is 0 Å². The van der Waals surface area contributed by atoms with Crippen molar-refractivity contribution in [2.75, 3.05) is 7.11 Å². The van der Waals surface area contributed by atoms with Crippen LogP contribution in [-0.2, 0) is 20.7 Å². The maximum Gasteiger partial charge on any atom is 0.405 e. The van der Waals surface area contributed by atoms with Crippen molar-refractivity contribution in [3.63, 3.8) is 0 Å². The maximum atomic E-state index is 11.3. The Labute approximate surface area is 93.1 Å². The Morgan fingerprint density at radius 1 is 1.31 bits per heavy atom. The maximum absolute atomic E-state index is 11.3. The summed E-state index contributed by atoms with van der Waals surface area (Å²) in [6.45, 7) is 0. The van der Waals surface area contributed by atoms with Crippen LogP contribution in [0, 0.1) is 0 Å². The van der Waals surface area contributed by atoms with Crippen molar-refractivity contribution in [1.82, 2.24) is 0 Å². The van der Waals surface area contributed by atoms with Gasteiger partial charge < -0.3 is 15.2 Å². The van der Waals surface area contributed by atoms with Crippen LogP contribution in [-0.4, -0.2) is 25.3 Å². The molecule has 0 spiro atoms. The van der Waals surface area contributed by atoms with E-state index in [2.05, 4.69) is 9.47 Å². The molecule has 0 aliphatic rings. The average Bonchev–Trinajstić information content (AvgIpc) is 2.28. The second-order valence-electron chi connectivity index (χ2n) is 3.14. The number of carbonyl (C=O) groups excluding carboxylic acids is 2. The Hall–Kier alpha value is -2.04.